The molecule has 0 saturated carbocycles. The summed E-state index contributed by atoms with van der Waals surface area (Å²) in [5.74, 6) is 1.07. The molecule has 1 aromatic rings. The standard InChI is InChI=1S/C15H20O2/c1-11(16)8-14-9-12-6-4-3-5-7-13(12)10-15(14)17-2/h9-10H,3-8H2,1-2H3. The molecule has 1 aliphatic carbocycles. The minimum absolute atomic E-state index is 0.192. The highest BCUT2D eigenvalue weighted by molar-refractivity contribution is 5.79. The van der Waals surface area contributed by atoms with E-state index in [0.29, 0.717) is 6.42 Å². The van der Waals surface area contributed by atoms with E-state index in [-0.39, 0.29) is 5.78 Å². The molecule has 0 aliphatic heterocycles. The Morgan fingerprint density at radius 2 is 1.82 bits per heavy atom. The first-order chi connectivity index (χ1) is 8.20. The lowest BCUT2D eigenvalue weighted by Crippen LogP contribution is -2.03. The quantitative estimate of drug-likeness (QED) is 0.748. The number of carbonyl (C=O) groups excluding carboxylic acids is 1. The normalized spacial score (nSPS) is 14.9. The number of fused-ring (bicyclic) bond motifs is 1. The van der Waals surface area contributed by atoms with E-state index in [4.69, 9.17) is 4.74 Å². The topological polar surface area (TPSA) is 26.3 Å². The summed E-state index contributed by atoms with van der Waals surface area (Å²) in [4.78, 5) is 11.3. The number of hydrogen-bond acceptors (Lipinski definition) is 2. The van der Waals surface area contributed by atoms with Crippen LogP contribution in [0.4, 0.5) is 0 Å². The average Bonchev–Trinajstić information content (AvgIpc) is 2.51. The molecule has 0 radical (unpaired) electrons. The van der Waals surface area contributed by atoms with Crippen LogP contribution in [0.1, 0.15) is 42.9 Å². The molecule has 0 unspecified atom stereocenters. The lowest BCUT2D eigenvalue weighted by molar-refractivity contribution is -0.116. The molecule has 2 nitrogen and oxygen atoms in total. The predicted molar refractivity (Wildman–Crippen MR) is 68.6 cm³/mol. The summed E-state index contributed by atoms with van der Waals surface area (Å²) in [6.07, 6.45) is 6.60. The molecular weight excluding hydrogens is 212 g/mol. The van der Waals surface area contributed by atoms with Crippen molar-refractivity contribution in [3.63, 3.8) is 0 Å². The minimum Gasteiger partial charge on any atom is -0.496 e. The van der Waals surface area contributed by atoms with Crippen LogP contribution in [-0.2, 0) is 24.1 Å². The summed E-state index contributed by atoms with van der Waals surface area (Å²) >= 11 is 0. The smallest absolute Gasteiger partial charge is 0.134 e. The van der Waals surface area contributed by atoms with Crippen molar-refractivity contribution < 1.29 is 9.53 Å². The first kappa shape index (κ1) is 12.2. The van der Waals surface area contributed by atoms with Crippen LogP contribution in [0.25, 0.3) is 0 Å². The van der Waals surface area contributed by atoms with Crippen molar-refractivity contribution in [3.05, 3.63) is 28.8 Å². The third kappa shape index (κ3) is 2.87. The van der Waals surface area contributed by atoms with Gasteiger partial charge in [-0.25, -0.2) is 0 Å². The Balaban J connectivity index is 2.38. The summed E-state index contributed by atoms with van der Waals surface area (Å²) in [6.45, 7) is 1.63. The second-order valence-electron chi connectivity index (χ2n) is 4.87. The molecule has 1 aliphatic rings. The molecule has 92 valence electrons. The van der Waals surface area contributed by atoms with E-state index in [9.17, 15) is 4.79 Å². The molecule has 0 saturated heterocycles. The van der Waals surface area contributed by atoms with Crippen LogP contribution in [0.2, 0.25) is 0 Å². The Hall–Kier alpha value is -1.31. The zero-order valence-electron chi connectivity index (χ0n) is 10.7. The first-order valence-electron chi connectivity index (χ1n) is 6.39. The van der Waals surface area contributed by atoms with E-state index in [0.717, 1.165) is 24.2 Å². The molecule has 0 spiro atoms. The van der Waals surface area contributed by atoms with E-state index in [1.165, 1.54) is 30.4 Å². The summed E-state index contributed by atoms with van der Waals surface area (Å²) in [7, 11) is 1.68. The summed E-state index contributed by atoms with van der Waals surface area (Å²) in [5.41, 5.74) is 3.87. The third-order valence-electron chi connectivity index (χ3n) is 3.43. The second-order valence-corrected chi connectivity index (χ2v) is 4.87. The Bertz CT molecular complexity index is 421. The van der Waals surface area contributed by atoms with Gasteiger partial charge in [-0.05, 0) is 49.8 Å². The minimum atomic E-state index is 0.192. The molecular formula is C15H20O2. The molecule has 0 amide bonds. The fourth-order valence-electron chi connectivity index (χ4n) is 2.59. The zero-order valence-corrected chi connectivity index (χ0v) is 10.7. The Morgan fingerprint density at radius 1 is 1.18 bits per heavy atom. The van der Waals surface area contributed by atoms with Crippen LogP contribution >= 0.6 is 0 Å². The lowest BCUT2D eigenvalue weighted by Gasteiger charge is -2.13. The number of ether oxygens (including phenoxy) is 1. The van der Waals surface area contributed by atoms with Crippen molar-refractivity contribution in [1.82, 2.24) is 0 Å². The van der Waals surface area contributed by atoms with Gasteiger partial charge >= 0.3 is 0 Å². The van der Waals surface area contributed by atoms with E-state index < -0.39 is 0 Å². The number of aryl methyl sites for hydroxylation is 2. The second kappa shape index (κ2) is 5.35. The van der Waals surface area contributed by atoms with Crippen LogP contribution < -0.4 is 4.74 Å². The molecule has 2 heteroatoms. The lowest BCUT2D eigenvalue weighted by atomic mass is 9.97. The highest BCUT2D eigenvalue weighted by atomic mass is 16.5. The van der Waals surface area contributed by atoms with E-state index in [1.54, 1.807) is 14.0 Å². The Kier molecular flexibility index (Phi) is 3.82. The Labute approximate surface area is 103 Å². The van der Waals surface area contributed by atoms with E-state index in [2.05, 4.69) is 12.1 Å². The highest BCUT2D eigenvalue weighted by Crippen LogP contribution is 2.29. The highest BCUT2D eigenvalue weighted by Gasteiger charge is 2.13. The van der Waals surface area contributed by atoms with Crippen LogP contribution in [0.5, 0.6) is 5.75 Å². The van der Waals surface area contributed by atoms with Crippen LogP contribution in [0.15, 0.2) is 12.1 Å². The maximum atomic E-state index is 11.3. The van der Waals surface area contributed by atoms with Crippen molar-refractivity contribution in [1.29, 1.82) is 0 Å². The predicted octanol–water partition coefficient (Wildman–Crippen LogP) is 3.10. The van der Waals surface area contributed by atoms with Crippen molar-refractivity contribution in [2.75, 3.05) is 7.11 Å². The van der Waals surface area contributed by atoms with Gasteiger partial charge in [0.25, 0.3) is 0 Å². The third-order valence-corrected chi connectivity index (χ3v) is 3.43. The molecule has 0 atom stereocenters. The van der Waals surface area contributed by atoms with Gasteiger partial charge in [0.05, 0.1) is 7.11 Å². The number of ketones is 1. The van der Waals surface area contributed by atoms with Crippen LogP contribution in [0.3, 0.4) is 0 Å². The molecule has 0 bridgehead atoms. The fourth-order valence-corrected chi connectivity index (χ4v) is 2.59. The van der Waals surface area contributed by atoms with Gasteiger partial charge in [-0.15, -0.1) is 0 Å². The number of benzene rings is 1. The molecule has 17 heavy (non-hydrogen) atoms. The van der Waals surface area contributed by atoms with Gasteiger partial charge in [0.2, 0.25) is 0 Å². The van der Waals surface area contributed by atoms with Crippen LogP contribution in [-0.4, -0.2) is 12.9 Å². The maximum Gasteiger partial charge on any atom is 0.134 e. The summed E-state index contributed by atoms with van der Waals surface area (Å²) < 4.78 is 5.40. The van der Waals surface area contributed by atoms with Crippen molar-refractivity contribution in [2.24, 2.45) is 0 Å². The van der Waals surface area contributed by atoms with E-state index >= 15 is 0 Å². The van der Waals surface area contributed by atoms with Gasteiger partial charge in [-0.1, -0.05) is 12.5 Å². The van der Waals surface area contributed by atoms with Gasteiger partial charge in [-0.3, -0.25) is 4.79 Å². The van der Waals surface area contributed by atoms with Gasteiger partial charge in [-0.2, -0.15) is 0 Å². The van der Waals surface area contributed by atoms with E-state index in [1.807, 2.05) is 0 Å². The average molecular weight is 232 g/mol. The largest absolute Gasteiger partial charge is 0.496 e. The monoisotopic (exact) mass is 232 g/mol. The summed E-state index contributed by atoms with van der Waals surface area (Å²) in [6, 6.07) is 4.32. The van der Waals surface area contributed by atoms with Crippen molar-refractivity contribution in [3.8, 4) is 5.75 Å². The number of Topliss-reactive ketones (excluding diaryl/α,β-unsaturated/α-hetero) is 1. The number of methoxy groups -OCH3 is 1. The SMILES string of the molecule is COc1cc2c(cc1CC(C)=O)CCCCC2. The summed E-state index contributed by atoms with van der Waals surface area (Å²) in [5, 5.41) is 0. The van der Waals surface area contributed by atoms with Gasteiger partial charge in [0, 0.05) is 12.0 Å². The number of hydrogen-bond donors (Lipinski definition) is 0. The molecule has 2 rings (SSSR count). The number of carbonyl (C=O) groups is 1. The fraction of sp³-hybridized carbons (Fsp3) is 0.533. The first-order valence-corrected chi connectivity index (χ1v) is 6.39. The molecule has 0 aromatic heterocycles. The van der Waals surface area contributed by atoms with Crippen molar-refractivity contribution >= 4 is 5.78 Å². The number of rotatable bonds is 3. The molecule has 1 aromatic carbocycles. The molecule has 0 N–H and O–H groups in total. The van der Waals surface area contributed by atoms with Gasteiger partial charge in [0.1, 0.15) is 11.5 Å². The molecule has 0 heterocycles. The van der Waals surface area contributed by atoms with Gasteiger partial charge < -0.3 is 4.74 Å². The van der Waals surface area contributed by atoms with Gasteiger partial charge in [0.15, 0.2) is 0 Å². The van der Waals surface area contributed by atoms with Crippen LogP contribution in [0, 0.1) is 0 Å². The molecule has 0 fully saturated rings. The maximum absolute atomic E-state index is 11.3. The van der Waals surface area contributed by atoms with Crippen molar-refractivity contribution in [2.45, 2.75) is 45.4 Å². The zero-order chi connectivity index (χ0) is 12.3. The Morgan fingerprint density at radius 3 is 2.41 bits per heavy atom.